The lowest BCUT2D eigenvalue weighted by Crippen LogP contribution is -2.37. The van der Waals surface area contributed by atoms with Gasteiger partial charge in [0.25, 0.3) is 0 Å². The molecule has 1 aliphatic heterocycles. The zero-order valence-electron chi connectivity index (χ0n) is 23.4. The van der Waals surface area contributed by atoms with Crippen LogP contribution in [-0.2, 0) is 4.74 Å². The highest BCUT2D eigenvalue weighted by atomic mass is 35.5. The summed E-state index contributed by atoms with van der Waals surface area (Å²) in [6, 6.07) is 0.606. The molecule has 13 nitrogen and oxygen atoms in total. The van der Waals surface area contributed by atoms with Crippen molar-refractivity contribution in [1.82, 2.24) is 49.0 Å². The molecular formula is C26H32Cl2N12O. The summed E-state index contributed by atoms with van der Waals surface area (Å²) in [6.07, 6.45) is 8.68. The van der Waals surface area contributed by atoms with E-state index in [1.807, 2.05) is 10.9 Å². The molecule has 0 bridgehead atoms. The Labute approximate surface area is 247 Å². The van der Waals surface area contributed by atoms with Crippen molar-refractivity contribution >= 4 is 57.3 Å². The van der Waals surface area contributed by atoms with Crippen LogP contribution in [0.2, 0.25) is 10.4 Å². The number of ether oxygens (including phenoxy) is 1. The molecule has 2 atom stereocenters. The number of hydrogen-bond acceptors (Lipinski definition) is 11. The van der Waals surface area contributed by atoms with Crippen molar-refractivity contribution in [3.05, 3.63) is 35.5 Å². The van der Waals surface area contributed by atoms with E-state index in [2.05, 4.69) is 67.1 Å². The van der Waals surface area contributed by atoms with Crippen LogP contribution in [-0.4, -0.2) is 75.3 Å². The van der Waals surface area contributed by atoms with Gasteiger partial charge in [0.05, 0.1) is 38.3 Å². The predicted molar refractivity (Wildman–Crippen MR) is 159 cm³/mol. The zero-order chi connectivity index (χ0) is 29.1. The summed E-state index contributed by atoms with van der Waals surface area (Å²) in [5.41, 5.74) is 9.81. The van der Waals surface area contributed by atoms with Crippen molar-refractivity contribution in [2.45, 2.75) is 52.6 Å². The molecule has 2 unspecified atom stereocenters. The van der Waals surface area contributed by atoms with Gasteiger partial charge in [0.15, 0.2) is 16.4 Å². The van der Waals surface area contributed by atoms with Crippen LogP contribution in [0.1, 0.15) is 52.6 Å². The molecule has 15 heteroatoms. The van der Waals surface area contributed by atoms with Crippen molar-refractivity contribution in [1.29, 1.82) is 0 Å². The molecule has 1 aliphatic rings. The second-order valence-electron chi connectivity index (χ2n) is 9.74. The van der Waals surface area contributed by atoms with Crippen molar-refractivity contribution in [3.63, 3.8) is 0 Å². The van der Waals surface area contributed by atoms with Crippen molar-refractivity contribution in [3.8, 4) is 11.4 Å². The number of hydrogen-bond donors (Lipinski definition) is 1. The fourth-order valence-electron chi connectivity index (χ4n) is 4.34. The normalized spacial score (nSPS) is 15.1. The largest absolute Gasteiger partial charge is 0.382 e. The average molecular weight is 600 g/mol. The molecule has 6 rings (SSSR count). The Morgan fingerprint density at radius 1 is 0.829 bits per heavy atom. The molecular weight excluding hydrogens is 567 g/mol. The highest BCUT2D eigenvalue weighted by molar-refractivity contribution is 6.35. The van der Waals surface area contributed by atoms with Gasteiger partial charge in [-0.15, -0.1) is 0 Å². The third-order valence-electron chi connectivity index (χ3n) is 7.10. The standard InChI is InChI=1S/C17H22N8O.C9H10Cl2N4/c1-3-11(2)25-10-21-15-14(12-8-20-13(18)9-19-12)22-17(23-16(15)25)24-4-6-26-7-5-24;1-3-5(2)15-4-12-6-7(10)13-9(11)14-8(6)15/h8-11H,3-7H2,1-2H3,(H2,18,20);4-5H,3H2,1-2H3. The number of aromatic nitrogens is 10. The Balaban J connectivity index is 0.000000191. The summed E-state index contributed by atoms with van der Waals surface area (Å²) in [7, 11) is 0. The number of halogens is 2. The lowest BCUT2D eigenvalue weighted by Gasteiger charge is -2.27. The van der Waals surface area contributed by atoms with Gasteiger partial charge in [-0.2, -0.15) is 9.97 Å². The quantitative estimate of drug-likeness (QED) is 0.212. The van der Waals surface area contributed by atoms with E-state index in [0.717, 1.165) is 37.1 Å². The first-order chi connectivity index (χ1) is 19.8. The molecule has 0 spiro atoms. The lowest BCUT2D eigenvalue weighted by molar-refractivity contribution is 0.122. The first-order valence-electron chi connectivity index (χ1n) is 13.5. The first kappa shape index (κ1) is 28.8. The van der Waals surface area contributed by atoms with E-state index in [-0.39, 0.29) is 11.3 Å². The molecule has 6 heterocycles. The second kappa shape index (κ2) is 12.5. The molecule has 5 aromatic rings. The SMILES string of the molecule is CCC(C)n1cnc2c(-c3cnc(N)cn3)nc(N3CCOCC3)nc21.CCC(C)n1cnc2c(Cl)nc(Cl)nc21. The van der Waals surface area contributed by atoms with Gasteiger partial charge in [0.2, 0.25) is 11.2 Å². The van der Waals surface area contributed by atoms with Crippen LogP contribution in [0.3, 0.4) is 0 Å². The lowest BCUT2D eigenvalue weighted by atomic mass is 10.2. The number of nitrogens with zero attached hydrogens (tertiary/aromatic N) is 11. The Kier molecular flexibility index (Phi) is 8.76. The van der Waals surface area contributed by atoms with Crippen LogP contribution < -0.4 is 10.6 Å². The van der Waals surface area contributed by atoms with Crippen LogP contribution in [0.25, 0.3) is 33.7 Å². The highest BCUT2D eigenvalue weighted by Gasteiger charge is 2.22. The summed E-state index contributed by atoms with van der Waals surface area (Å²) in [5.74, 6) is 1.04. The van der Waals surface area contributed by atoms with Crippen molar-refractivity contribution in [2.75, 3.05) is 36.9 Å². The maximum absolute atomic E-state index is 5.91. The minimum Gasteiger partial charge on any atom is -0.382 e. The van der Waals surface area contributed by atoms with Gasteiger partial charge in [-0.1, -0.05) is 25.4 Å². The number of nitrogen functional groups attached to an aromatic ring is 1. The van der Waals surface area contributed by atoms with Crippen molar-refractivity contribution < 1.29 is 4.74 Å². The number of morpholine rings is 1. The third kappa shape index (κ3) is 6.02. The summed E-state index contributed by atoms with van der Waals surface area (Å²) in [6.45, 7) is 11.3. The second-order valence-corrected chi connectivity index (χ2v) is 10.4. The van der Waals surface area contributed by atoms with Gasteiger partial charge < -0.3 is 24.5 Å². The minimum absolute atomic E-state index is 0.151. The molecule has 0 radical (unpaired) electrons. The Morgan fingerprint density at radius 3 is 2.07 bits per heavy atom. The number of nitrogens with two attached hydrogens (primary N) is 1. The fraction of sp³-hybridized carbons (Fsp3) is 0.462. The maximum Gasteiger partial charge on any atom is 0.228 e. The van der Waals surface area contributed by atoms with Crippen LogP contribution in [0.5, 0.6) is 0 Å². The third-order valence-corrected chi connectivity index (χ3v) is 7.53. The zero-order valence-corrected chi connectivity index (χ0v) is 24.9. The summed E-state index contributed by atoms with van der Waals surface area (Å²) in [5, 5.41) is 0.449. The van der Waals surface area contributed by atoms with E-state index in [1.165, 1.54) is 6.20 Å². The van der Waals surface area contributed by atoms with E-state index in [9.17, 15) is 0 Å². The van der Waals surface area contributed by atoms with Gasteiger partial charge in [-0.05, 0) is 38.3 Å². The first-order valence-corrected chi connectivity index (χ1v) is 14.3. The van der Waals surface area contributed by atoms with Crippen LogP contribution >= 0.6 is 23.2 Å². The average Bonchev–Trinajstić information content (AvgIpc) is 3.62. The predicted octanol–water partition coefficient (Wildman–Crippen LogP) is 4.78. The van der Waals surface area contributed by atoms with E-state index in [4.69, 9.17) is 43.6 Å². The number of rotatable bonds is 6. The summed E-state index contributed by atoms with van der Waals surface area (Å²) < 4.78 is 9.50. The highest BCUT2D eigenvalue weighted by Crippen LogP contribution is 2.29. The molecule has 2 N–H and O–H groups in total. The molecule has 5 aromatic heterocycles. The molecule has 0 saturated carbocycles. The van der Waals surface area contributed by atoms with E-state index < -0.39 is 0 Å². The molecule has 216 valence electrons. The van der Waals surface area contributed by atoms with E-state index in [0.29, 0.717) is 58.7 Å². The molecule has 0 aromatic carbocycles. The maximum atomic E-state index is 5.91. The molecule has 1 fully saturated rings. The van der Waals surface area contributed by atoms with Gasteiger partial charge in [-0.25, -0.2) is 29.9 Å². The molecule has 1 saturated heterocycles. The van der Waals surface area contributed by atoms with Crippen LogP contribution in [0.4, 0.5) is 11.8 Å². The Morgan fingerprint density at radius 2 is 1.46 bits per heavy atom. The minimum atomic E-state index is 0.151. The van der Waals surface area contributed by atoms with E-state index in [1.54, 1.807) is 12.5 Å². The van der Waals surface area contributed by atoms with Crippen LogP contribution in [0.15, 0.2) is 25.0 Å². The summed E-state index contributed by atoms with van der Waals surface area (Å²) >= 11 is 11.7. The number of imidazole rings is 2. The van der Waals surface area contributed by atoms with Gasteiger partial charge in [0.1, 0.15) is 28.2 Å². The Hall–Kier alpha value is -3.68. The van der Waals surface area contributed by atoms with E-state index >= 15 is 0 Å². The molecule has 0 amide bonds. The summed E-state index contributed by atoms with van der Waals surface area (Å²) in [4.78, 5) is 37.0. The number of fused-ring (bicyclic) bond motifs is 2. The van der Waals surface area contributed by atoms with Crippen molar-refractivity contribution in [2.24, 2.45) is 0 Å². The molecule has 0 aliphatic carbocycles. The smallest absolute Gasteiger partial charge is 0.228 e. The van der Waals surface area contributed by atoms with Crippen LogP contribution in [0, 0.1) is 0 Å². The topological polar surface area (TPSA) is 151 Å². The number of anilines is 2. The molecule has 41 heavy (non-hydrogen) atoms. The Bertz CT molecular complexity index is 1630. The van der Waals surface area contributed by atoms with Gasteiger partial charge in [-0.3, -0.25) is 0 Å². The van der Waals surface area contributed by atoms with Gasteiger partial charge in [0, 0.05) is 25.2 Å². The monoisotopic (exact) mass is 598 g/mol. The van der Waals surface area contributed by atoms with Gasteiger partial charge >= 0.3 is 0 Å². The fourth-order valence-corrected chi connectivity index (χ4v) is 4.77.